The first-order chi connectivity index (χ1) is 19.7. The van der Waals surface area contributed by atoms with Gasteiger partial charge in [0.15, 0.2) is 6.10 Å². The molecule has 5 saturated carbocycles. The predicted octanol–water partition coefficient (Wildman–Crippen LogP) is 4.96. The van der Waals surface area contributed by atoms with Crippen LogP contribution in [0.25, 0.3) is 0 Å². The Labute approximate surface area is 251 Å². The van der Waals surface area contributed by atoms with E-state index in [-0.39, 0.29) is 47.2 Å². The number of esters is 1. The van der Waals surface area contributed by atoms with Gasteiger partial charge in [-0.25, -0.2) is 4.79 Å². The van der Waals surface area contributed by atoms with Crippen molar-refractivity contribution in [2.75, 3.05) is 13.1 Å². The molecule has 236 valence electrons. The molecule has 42 heavy (non-hydrogen) atoms. The van der Waals surface area contributed by atoms with Crippen LogP contribution in [0, 0.1) is 45.3 Å². The Hall–Kier alpha value is -1.38. The number of carbonyl (C=O) groups excluding carboxylic acids is 2. The van der Waals surface area contributed by atoms with Crippen molar-refractivity contribution < 1.29 is 28.9 Å². The van der Waals surface area contributed by atoms with Gasteiger partial charge in [-0.3, -0.25) is 4.79 Å². The molecule has 2 aliphatic heterocycles. The van der Waals surface area contributed by atoms with Gasteiger partial charge in [0.1, 0.15) is 6.10 Å². The fraction of sp³-hybridized carbons (Fsp3) is 0.941. The molecule has 2 heterocycles. The highest BCUT2D eigenvalue weighted by atomic mass is 16.6. The number of aliphatic hydroxyl groups is 1. The Balaban J connectivity index is 1.07. The SMILES string of the molecule is CC(=O)O[C@@H](C1CCC2C(CC3C4CCC5C(C)(C)[C@@H](OC(=O)NC6CNC6)CC[C@@]56C[C@@]46CCC23C)O1)C(C)(C)O. The summed E-state index contributed by atoms with van der Waals surface area (Å²) in [6.45, 7) is 13.8. The Morgan fingerprint density at radius 2 is 1.71 bits per heavy atom. The summed E-state index contributed by atoms with van der Waals surface area (Å²) in [5.41, 5.74) is -0.0503. The van der Waals surface area contributed by atoms with Gasteiger partial charge in [0.25, 0.3) is 0 Å². The lowest BCUT2D eigenvalue weighted by Crippen LogP contribution is -2.59. The van der Waals surface area contributed by atoms with E-state index in [0.29, 0.717) is 28.6 Å². The second-order valence-corrected chi connectivity index (χ2v) is 16.9. The van der Waals surface area contributed by atoms with Crippen molar-refractivity contribution in [3.63, 3.8) is 0 Å². The predicted molar refractivity (Wildman–Crippen MR) is 157 cm³/mol. The van der Waals surface area contributed by atoms with Crippen LogP contribution in [0.15, 0.2) is 0 Å². The van der Waals surface area contributed by atoms with Crippen LogP contribution < -0.4 is 10.6 Å². The Bertz CT molecular complexity index is 1120. The molecule has 3 N–H and O–H groups in total. The molecule has 7 fully saturated rings. The van der Waals surface area contributed by atoms with E-state index in [0.717, 1.165) is 44.7 Å². The Morgan fingerprint density at radius 3 is 2.38 bits per heavy atom. The van der Waals surface area contributed by atoms with Gasteiger partial charge in [-0.15, -0.1) is 0 Å². The summed E-state index contributed by atoms with van der Waals surface area (Å²) in [7, 11) is 0. The van der Waals surface area contributed by atoms with Gasteiger partial charge in [0, 0.05) is 25.4 Å². The number of rotatable bonds is 5. The number of amides is 1. The topological polar surface area (TPSA) is 106 Å². The smallest absolute Gasteiger partial charge is 0.407 e. The Kier molecular flexibility index (Phi) is 6.68. The molecule has 8 heteroatoms. The van der Waals surface area contributed by atoms with Crippen molar-refractivity contribution in [3.05, 3.63) is 0 Å². The number of fused-ring (bicyclic) bond motifs is 4. The van der Waals surface area contributed by atoms with Crippen LogP contribution in [0.3, 0.4) is 0 Å². The molecule has 8 nitrogen and oxygen atoms in total. The maximum atomic E-state index is 12.7. The van der Waals surface area contributed by atoms with E-state index in [1.165, 1.54) is 45.4 Å². The monoisotopic (exact) mass is 586 g/mol. The van der Waals surface area contributed by atoms with Crippen LogP contribution in [0.5, 0.6) is 0 Å². The average molecular weight is 587 g/mol. The minimum Gasteiger partial charge on any atom is -0.457 e. The van der Waals surface area contributed by atoms with Crippen LogP contribution in [-0.4, -0.2) is 66.3 Å². The zero-order valence-electron chi connectivity index (χ0n) is 26.7. The molecule has 0 aromatic carbocycles. The number of hydrogen-bond donors (Lipinski definition) is 3. The van der Waals surface area contributed by atoms with Crippen molar-refractivity contribution in [1.29, 1.82) is 0 Å². The lowest BCUT2D eigenvalue weighted by atomic mass is 9.46. The highest BCUT2D eigenvalue weighted by molar-refractivity contribution is 5.68. The minimum atomic E-state index is -1.15. The molecule has 2 saturated heterocycles. The molecule has 11 atom stereocenters. The van der Waals surface area contributed by atoms with Crippen molar-refractivity contribution in [2.24, 2.45) is 45.3 Å². The van der Waals surface area contributed by atoms with E-state index in [1.807, 2.05) is 0 Å². The fourth-order valence-electron chi connectivity index (χ4n) is 12.3. The fourth-order valence-corrected chi connectivity index (χ4v) is 12.3. The number of ether oxygens (including phenoxy) is 3. The first-order valence-corrected chi connectivity index (χ1v) is 16.9. The lowest BCUT2D eigenvalue weighted by molar-refractivity contribution is -0.200. The van der Waals surface area contributed by atoms with E-state index in [1.54, 1.807) is 13.8 Å². The summed E-state index contributed by atoms with van der Waals surface area (Å²) < 4.78 is 18.6. The first-order valence-electron chi connectivity index (χ1n) is 16.9. The maximum Gasteiger partial charge on any atom is 0.407 e. The zero-order valence-corrected chi connectivity index (χ0v) is 26.7. The van der Waals surface area contributed by atoms with E-state index >= 15 is 0 Å². The summed E-state index contributed by atoms with van der Waals surface area (Å²) in [5, 5.41) is 17.1. The van der Waals surface area contributed by atoms with Gasteiger partial charge in [-0.05, 0) is 118 Å². The molecular weight excluding hydrogens is 532 g/mol. The summed E-state index contributed by atoms with van der Waals surface area (Å²) in [5.74, 6) is 2.17. The van der Waals surface area contributed by atoms with Crippen LogP contribution in [-0.2, 0) is 19.0 Å². The zero-order chi connectivity index (χ0) is 29.9. The van der Waals surface area contributed by atoms with Crippen LogP contribution in [0.4, 0.5) is 4.79 Å². The van der Waals surface area contributed by atoms with Gasteiger partial charge in [-0.1, -0.05) is 20.8 Å². The third kappa shape index (κ3) is 4.16. The number of alkyl carbamates (subject to hydrolysis) is 1. The normalized spacial score (nSPS) is 47.7. The van der Waals surface area contributed by atoms with Crippen LogP contribution in [0.1, 0.15) is 106 Å². The lowest BCUT2D eigenvalue weighted by Gasteiger charge is -2.59. The van der Waals surface area contributed by atoms with Crippen LogP contribution >= 0.6 is 0 Å². The molecule has 5 aliphatic carbocycles. The molecule has 0 aromatic heterocycles. The highest BCUT2D eigenvalue weighted by Gasteiger charge is 2.81. The minimum absolute atomic E-state index is 0.0223. The van der Waals surface area contributed by atoms with Crippen molar-refractivity contribution in [1.82, 2.24) is 10.6 Å². The largest absolute Gasteiger partial charge is 0.457 e. The first kappa shape index (κ1) is 29.3. The van der Waals surface area contributed by atoms with Gasteiger partial charge in [0.2, 0.25) is 0 Å². The molecule has 0 radical (unpaired) electrons. The third-order valence-corrected chi connectivity index (χ3v) is 14.2. The van der Waals surface area contributed by atoms with Crippen molar-refractivity contribution in [2.45, 2.75) is 142 Å². The van der Waals surface area contributed by atoms with Crippen molar-refractivity contribution in [3.8, 4) is 0 Å². The molecule has 0 bridgehead atoms. The van der Waals surface area contributed by atoms with Gasteiger partial charge < -0.3 is 30.0 Å². The molecule has 0 aromatic rings. The van der Waals surface area contributed by atoms with Gasteiger partial charge >= 0.3 is 12.1 Å². The summed E-state index contributed by atoms with van der Waals surface area (Å²) in [6.07, 6.45) is 10.6. The van der Waals surface area contributed by atoms with E-state index < -0.39 is 11.7 Å². The third-order valence-electron chi connectivity index (χ3n) is 14.2. The van der Waals surface area contributed by atoms with Gasteiger partial charge in [-0.2, -0.15) is 0 Å². The molecule has 2 spiro atoms. The molecule has 7 rings (SSSR count). The van der Waals surface area contributed by atoms with Gasteiger partial charge in [0.05, 0.1) is 23.9 Å². The summed E-state index contributed by atoms with van der Waals surface area (Å²) in [6, 6.07) is 0.200. The van der Waals surface area contributed by atoms with E-state index in [9.17, 15) is 14.7 Å². The molecule has 1 amide bonds. The van der Waals surface area contributed by atoms with E-state index in [2.05, 4.69) is 31.4 Å². The van der Waals surface area contributed by atoms with Crippen LogP contribution in [0.2, 0.25) is 0 Å². The number of nitrogens with one attached hydrogen (secondary N) is 2. The number of hydrogen-bond acceptors (Lipinski definition) is 7. The highest BCUT2D eigenvalue weighted by Crippen LogP contribution is 2.87. The molecule has 7 unspecified atom stereocenters. The second kappa shape index (κ2) is 9.56. The molecule has 7 aliphatic rings. The average Bonchev–Trinajstić information content (AvgIpc) is 3.46. The number of carbonyl (C=O) groups is 2. The summed E-state index contributed by atoms with van der Waals surface area (Å²) in [4.78, 5) is 24.6. The summed E-state index contributed by atoms with van der Waals surface area (Å²) >= 11 is 0. The standard InChI is InChI=1S/C34H54N2O6/c1-19(37)40-28(31(4,5)39)24-9-7-22-25(41-24)15-23-21-8-10-26-30(2,3)27(42-29(38)36-20-16-35-17-20)11-12-34(26)18-33(21,34)14-13-32(22,23)6/h20-28,35,39H,7-18H2,1-6H3,(H,36,38)/t21?,22?,23?,24?,25?,26?,27-,28-,32?,33-,34+/m0/s1. The van der Waals surface area contributed by atoms with E-state index in [4.69, 9.17) is 14.2 Å². The molecular formula is C34H54N2O6. The van der Waals surface area contributed by atoms with Crippen molar-refractivity contribution >= 4 is 12.1 Å². The Morgan fingerprint density at radius 1 is 0.976 bits per heavy atom. The quantitative estimate of drug-likeness (QED) is 0.391. The second-order valence-electron chi connectivity index (χ2n) is 16.9. The maximum absolute atomic E-state index is 12.7.